The quantitative estimate of drug-likeness (QED) is 0.896. The molecule has 0 spiro atoms. The molecule has 0 radical (unpaired) electrons. The molecule has 1 aromatic rings. The van der Waals surface area contributed by atoms with Crippen LogP contribution in [0.3, 0.4) is 0 Å². The van der Waals surface area contributed by atoms with E-state index in [9.17, 15) is 13.2 Å². The van der Waals surface area contributed by atoms with Crippen LogP contribution in [0.5, 0.6) is 0 Å². The number of hydrogen-bond acceptors (Lipinski definition) is 3. The van der Waals surface area contributed by atoms with E-state index in [0.717, 1.165) is 0 Å². The van der Waals surface area contributed by atoms with Gasteiger partial charge in [-0.2, -0.15) is 13.2 Å². The fourth-order valence-electron chi connectivity index (χ4n) is 1.38. The Bertz CT molecular complexity index is 373. The molecule has 1 heterocycles. The van der Waals surface area contributed by atoms with Crippen molar-refractivity contribution in [2.24, 2.45) is 0 Å². The fourth-order valence-corrected chi connectivity index (χ4v) is 1.47. The van der Waals surface area contributed by atoms with Crippen LogP contribution in [0, 0.1) is 0 Å². The molecule has 88 valence electrons. The third kappa shape index (κ3) is 2.27. The van der Waals surface area contributed by atoms with Crippen molar-refractivity contribution in [3.63, 3.8) is 0 Å². The molecule has 0 aromatic carbocycles. The van der Waals surface area contributed by atoms with Crippen LogP contribution in [-0.4, -0.2) is 21.7 Å². The molecule has 0 unspecified atom stereocenters. The van der Waals surface area contributed by atoms with Crippen molar-refractivity contribution >= 4 is 11.6 Å². The first-order chi connectivity index (χ1) is 7.43. The highest BCUT2D eigenvalue weighted by molar-refractivity contribution is 6.29. The van der Waals surface area contributed by atoms with Crippen molar-refractivity contribution < 1.29 is 13.2 Å². The first kappa shape index (κ1) is 11.6. The van der Waals surface area contributed by atoms with Crippen molar-refractivity contribution in [1.29, 1.82) is 0 Å². The van der Waals surface area contributed by atoms with Crippen molar-refractivity contribution in [1.82, 2.24) is 15.3 Å². The molecule has 1 fully saturated rings. The summed E-state index contributed by atoms with van der Waals surface area (Å²) in [7, 11) is 0. The molecular formula is C9H9ClF3N3. The van der Waals surface area contributed by atoms with E-state index in [-0.39, 0.29) is 24.5 Å². The van der Waals surface area contributed by atoms with Gasteiger partial charge in [0.25, 0.3) is 0 Å². The lowest BCUT2D eigenvalue weighted by Crippen LogP contribution is -2.44. The Labute approximate surface area is 95.0 Å². The Hall–Kier alpha value is -0.880. The summed E-state index contributed by atoms with van der Waals surface area (Å²) < 4.78 is 37.6. The third-order valence-corrected chi connectivity index (χ3v) is 2.77. The summed E-state index contributed by atoms with van der Waals surface area (Å²) in [4.78, 5) is 7.61. The Morgan fingerprint density at radius 1 is 1.31 bits per heavy atom. The minimum atomic E-state index is -4.20. The van der Waals surface area contributed by atoms with E-state index in [0.29, 0.717) is 5.69 Å². The van der Waals surface area contributed by atoms with Crippen molar-refractivity contribution in [3.05, 3.63) is 23.2 Å². The lowest BCUT2D eigenvalue weighted by Gasteiger charge is -2.20. The van der Waals surface area contributed by atoms with Gasteiger partial charge in [-0.3, -0.25) is 10.3 Å². The molecule has 1 aromatic heterocycles. The molecule has 0 aliphatic heterocycles. The summed E-state index contributed by atoms with van der Waals surface area (Å²) in [5, 5.41) is 2.70. The van der Waals surface area contributed by atoms with Gasteiger partial charge in [0.1, 0.15) is 10.7 Å². The normalized spacial score (nSPS) is 18.5. The second kappa shape index (κ2) is 3.85. The van der Waals surface area contributed by atoms with Gasteiger partial charge < -0.3 is 0 Å². The van der Waals surface area contributed by atoms with E-state index >= 15 is 0 Å². The minimum absolute atomic E-state index is 0.0453. The highest BCUT2D eigenvalue weighted by atomic mass is 35.5. The van der Waals surface area contributed by atoms with Gasteiger partial charge in [0.05, 0.1) is 18.1 Å². The van der Waals surface area contributed by atoms with E-state index in [1.165, 1.54) is 12.4 Å². The molecule has 0 bridgehead atoms. The Morgan fingerprint density at radius 3 is 2.44 bits per heavy atom. The second-order valence-electron chi connectivity index (χ2n) is 3.76. The number of aromatic nitrogens is 2. The number of hydrogen-bond donors (Lipinski definition) is 1. The number of rotatable bonds is 3. The van der Waals surface area contributed by atoms with Crippen LogP contribution in [0.2, 0.25) is 5.15 Å². The maximum absolute atomic E-state index is 12.5. The van der Waals surface area contributed by atoms with E-state index in [4.69, 9.17) is 11.6 Å². The van der Waals surface area contributed by atoms with Crippen LogP contribution in [0.25, 0.3) is 0 Å². The molecule has 3 nitrogen and oxygen atoms in total. The summed E-state index contributed by atoms with van der Waals surface area (Å²) in [6.07, 6.45) is -1.28. The molecule has 0 saturated heterocycles. The number of nitrogens with one attached hydrogen (secondary N) is 1. The monoisotopic (exact) mass is 251 g/mol. The summed E-state index contributed by atoms with van der Waals surface area (Å²) in [6.45, 7) is 0.0453. The summed E-state index contributed by atoms with van der Waals surface area (Å²) >= 11 is 5.51. The first-order valence-electron chi connectivity index (χ1n) is 4.71. The Balaban J connectivity index is 1.96. The van der Waals surface area contributed by atoms with Gasteiger partial charge in [0.15, 0.2) is 0 Å². The van der Waals surface area contributed by atoms with Crippen LogP contribution in [-0.2, 0) is 6.54 Å². The summed E-state index contributed by atoms with van der Waals surface area (Å²) in [5.41, 5.74) is -1.27. The highest BCUT2D eigenvalue weighted by Crippen LogP contribution is 2.48. The summed E-state index contributed by atoms with van der Waals surface area (Å²) in [5.74, 6) is 0. The molecule has 1 aliphatic carbocycles. The SMILES string of the molecule is FC(F)(F)C1(NCc2cnc(Cl)cn2)CC1. The van der Waals surface area contributed by atoms with Crippen molar-refractivity contribution in [2.45, 2.75) is 31.1 Å². The second-order valence-corrected chi connectivity index (χ2v) is 4.15. The standard InChI is InChI=1S/C9H9ClF3N3/c10-7-5-14-6(3-15-7)4-16-8(1-2-8)9(11,12)13/h3,5,16H,1-2,4H2. The smallest absolute Gasteiger partial charge is 0.298 e. The average molecular weight is 252 g/mol. The van der Waals surface area contributed by atoms with Crippen molar-refractivity contribution in [3.8, 4) is 0 Å². The first-order valence-corrected chi connectivity index (χ1v) is 5.09. The zero-order chi connectivity index (χ0) is 11.8. The fraction of sp³-hybridized carbons (Fsp3) is 0.556. The number of halogens is 4. The van der Waals surface area contributed by atoms with Crippen molar-refractivity contribution in [2.75, 3.05) is 0 Å². The van der Waals surface area contributed by atoms with Gasteiger partial charge in [-0.1, -0.05) is 11.6 Å². The van der Waals surface area contributed by atoms with E-state index in [1.807, 2.05) is 0 Å². The molecule has 1 saturated carbocycles. The van der Waals surface area contributed by atoms with E-state index in [1.54, 1.807) is 0 Å². The molecule has 2 rings (SSSR count). The highest BCUT2D eigenvalue weighted by Gasteiger charge is 2.62. The van der Waals surface area contributed by atoms with Gasteiger partial charge in [-0.25, -0.2) is 4.98 Å². The van der Waals surface area contributed by atoms with E-state index < -0.39 is 11.7 Å². The Morgan fingerprint density at radius 2 is 2.00 bits per heavy atom. The van der Waals surface area contributed by atoms with E-state index in [2.05, 4.69) is 15.3 Å². The zero-order valence-corrected chi connectivity index (χ0v) is 8.94. The van der Waals surface area contributed by atoms with Crippen LogP contribution < -0.4 is 5.32 Å². The van der Waals surface area contributed by atoms with Gasteiger partial charge in [-0.05, 0) is 12.8 Å². The Kier molecular flexibility index (Phi) is 2.79. The van der Waals surface area contributed by atoms with Crippen LogP contribution in [0.4, 0.5) is 13.2 Å². The van der Waals surface area contributed by atoms with Gasteiger partial charge >= 0.3 is 6.18 Å². The van der Waals surface area contributed by atoms with Crippen LogP contribution in [0.15, 0.2) is 12.4 Å². The van der Waals surface area contributed by atoms with Crippen LogP contribution >= 0.6 is 11.6 Å². The third-order valence-electron chi connectivity index (χ3n) is 2.57. The predicted molar refractivity (Wildman–Crippen MR) is 51.9 cm³/mol. The average Bonchev–Trinajstić information content (AvgIpc) is 2.97. The topological polar surface area (TPSA) is 37.8 Å². The van der Waals surface area contributed by atoms with Gasteiger partial charge in [-0.15, -0.1) is 0 Å². The molecule has 0 amide bonds. The number of alkyl halides is 3. The lowest BCUT2D eigenvalue weighted by molar-refractivity contribution is -0.166. The lowest BCUT2D eigenvalue weighted by atomic mass is 10.2. The number of nitrogens with zero attached hydrogens (tertiary/aromatic N) is 2. The molecule has 16 heavy (non-hydrogen) atoms. The molecule has 0 atom stereocenters. The van der Waals surface area contributed by atoms with Gasteiger partial charge in [0, 0.05) is 6.54 Å². The summed E-state index contributed by atoms with van der Waals surface area (Å²) in [6, 6.07) is 0. The minimum Gasteiger partial charge on any atom is -0.298 e. The molecule has 1 N–H and O–H groups in total. The largest absolute Gasteiger partial charge is 0.406 e. The maximum atomic E-state index is 12.5. The predicted octanol–water partition coefficient (Wildman–Crippen LogP) is 2.31. The van der Waals surface area contributed by atoms with Gasteiger partial charge in [0.2, 0.25) is 0 Å². The van der Waals surface area contributed by atoms with Crippen LogP contribution in [0.1, 0.15) is 18.5 Å². The molecule has 1 aliphatic rings. The molecule has 7 heteroatoms. The maximum Gasteiger partial charge on any atom is 0.406 e. The zero-order valence-electron chi connectivity index (χ0n) is 8.18. The molecular weight excluding hydrogens is 243 g/mol.